The van der Waals surface area contributed by atoms with E-state index < -0.39 is 5.95 Å². The van der Waals surface area contributed by atoms with Crippen LogP contribution in [-0.2, 0) is 0 Å². The first kappa shape index (κ1) is 13.9. The molecule has 0 aromatic carbocycles. The lowest BCUT2D eigenvalue weighted by molar-refractivity contribution is 0.0634. The monoisotopic (exact) mass is 314 g/mol. The molecule has 118 valence electrons. The molecular formula is C16H15FN4O2. The third-order valence-corrected chi connectivity index (χ3v) is 4.69. The number of rotatable bonds is 1. The summed E-state index contributed by atoms with van der Waals surface area (Å²) in [6, 6.07) is 6.23. The van der Waals surface area contributed by atoms with E-state index in [0.717, 1.165) is 6.07 Å². The second kappa shape index (κ2) is 4.91. The predicted molar refractivity (Wildman–Crippen MR) is 79.4 cm³/mol. The first-order valence-corrected chi connectivity index (χ1v) is 7.41. The molecule has 2 amide bonds. The van der Waals surface area contributed by atoms with Crippen LogP contribution in [0.5, 0.6) is 0 Å². The predicted octanol–water partition coefficient (Wildman–Crippen LogP) is 1.17. The molecule has 1 fully saturated rings. The van der Waals surface area contributed by atoms with Gasteiger partial charge >= 0.3 is 0 Å². The van der Waals surface area contributed by atoms with Gasteiger partial charge in [0, 0.05) is 44.2 Å². The maximum atomic E-state index is 13.2. The number of likely N-dealkylation sites (N-methyl/N-ethyl adjacent to an activating group) is 1. The molecule has 0 unspecified atom stereocenters. The van der Waals surface area contributed by atoms with Gasteiger partial charge < -0.3 is 14.4 Å². The molecule has 0 aliphatic carbocycles. The highest BCUT2D eigenvalue weighted by atomic mass is 19.1. The third-order valence-electron chi connectivity index (χ3n) is 4.69. The first-order valence-electron chi connectivity index (χ1n) is 7.41. The zero-order chi connectivity index (χ0) is 16.1. The van der Waals surface area contributed by atoms with E-state index in [9.17, 15) is 14.0 Å². The van der Waals surface area contributed by atoms with Gasteiger partial charge in [-0.1, -0.05) is 0 Å². The fourth-order valence-electron chi connectivity index (χ4n) is 3.50. The molecule has 2 atom stereocenters. The molecule has 7 heteroatoms. The molecule has 2 aliphatic heterocycles. The van der Waals surface area contributed by atoms with Gasteiger partial charge in [-0.05, 0) is 18.2 Å². The van der Waals surface area contributed by atoms with Crippen LogP contribution in [0.3, 0.4) is 0 Å². The molecule has 0 bridgehead atoms. The number of carbonyl (C=O) groups excluding carboxylic acids is 2. The number of carbonyl (C=O) groups is 2. The Balaban J connectivity index is 1.64. The normalized spacial score (nSPS) is 23.0. The summed E-state index contributed by atoms with van der Waals surface area (Å²) in [5, 5.41) is 0. The van der Waals surface area contributed by atoms with Crippen molar-refractivity contribution >= 4 is 11.8 Å². The Bertz CT molecular complexity index is 803. The summed E-state index contributed by atoms with van der Waals surface area (Å²) in [5.41, 5.74) is 0.913. The van der Waals surface area contributed by atoms with Crippen LogP contribution in [-0.4, -0.2) is 57.3 Å². The van der Waals surface area contributed by atoms with E-state index in [1.54, 1.807) is 22.9 Å². The molecule has 0 spiro atoms. The van der Waals surface area contributed by atoms with E-state index in [4.69, 9.17) is 0 Å². The molecule has 0 N–H and O–H groups in total. The van der Waals surface area contributed by atoms with Gasteiger partial charge in [-0.25, -0.2) is 4.98 Å². The number of amides is 2. The summed E-state index contributed by atoms with van der Waals surface area (Å²) >= 11 is 0. The third kappa shape index (κ3) is 2.03. The van der Waals surface area contributed by atoms with E-state index >= 15 is 0 Å². The van der Waals surface area contributed by atoms with Crippen molar-refractivity contribution in [2.24, 2.45) is 0 Å². The van der Waals surface area contributed by atoms with Crippen LogP contribution < -0.4 is 0 Å². The first-order chi connectivity index (χ1) is 11.1. The Morgan fingerprint density at radius 3 is 2.87 bits per heavy atom. The van der Waals surface area contributed by atoms with Crippen LogP contribution in [0.1, 0.15) is 26.9 Å². The number of aromatic nitrogens is 2. The van der Waals surface area contributed by atoms with Gasteiger partial charge in [0.15, 0.2) is 0 Å². The van der Waals surface area contributed by atoms with Crippen molar-refractivity contribution in [3.05, 3.63) is 53.9 Å². The molecule has 2 aromatic heterocycles. The van der Waals surface area contributed by atoms with Crippen LogP contribution >= 0.6 is 0 Å². The summed E-state index contributed by atoms with van der Waals surface area (Å²) in [6.07, 6.45) is 3.16. The second-order valence-electron chi connectivity index (χ2n) is 5.93. The lowest BCUT2D eigenvalue weighted by Gasteiger charge is -2.35. The highest BCUT2D eigenvalue weighted by Crippen LogP contribution is 2.33. The van der Waals surface area contributed by atoms with Gasteiger partial charge in [0.05, 0.1) is 12.1 Å². The maximum absolute atomic E-state index is 13.2. The minimum atomic E-state index is -0.674. The van der Waals surface area contributed by atoms with E-state index in [1.807, 2.05) is 16.8 Å². The number of likely N-dealkylation sites (tertiary alicyclic amines) is 1. The van der Waals surface area contributed by atoms with Crippen molar-refractivity contribution in [1.82, 2.24) is 19.4 Å². The molecule has 6 nitrogen and oxygen atoms in total. The Morgan fingerprint density at radius 2 is 2.09 bits per heavy atom. The van der Waals surface area contributed by atoms with Crippen LogP contribution in [0, 0.1) is 5.95 Å². The fraction of sp³-hybridized carbons (Fsp3) is 0.312. The van der Waals surface area contributed by atoms with E-state index in [0.29, 0.717) is 18.8 Å². The minimum Gasteiger partial charge on any atom is -0.337 e. The Kier molecular flexibility index (Phi) is 2.97. The highest BCUT2D eigenvalue weighted by Gasteiger charge is 2.44. The molecule has 2 aliphatic rings. The van der Waals surface area contributed by atoms with Gasteiger partial charge in [0.25, 0.3) is 11.8 Å². The van der Waals surface area contributed by atoms with Gasteiger partial charge in [0.1, 0.15) is 5.69 Å². The average Bonchev–Trinajstić information content (AvgIpc) is 3.18. The summed E-state index contributed by atoms with van der Waals surface area (Å²) < 4.78 is 15.2. The lowest BCUT2D eigenvalue weighted by Crippen LogP contribution is -2.48. The van der Waals surface area contributed by atoms with Crippen molar-refractivity contribution in [2.45, 2.75) is 12.1 Å². The summed E-state index contributed by atoms with van der Waals surface area (Å²) in [7, 11) is 1.76. The minimum absolute atomic E-state index is 0.0262. The second-order valence-corrected chi connectivity index (χ2v) is 5.93. The van der Waals surface area contributed by atoms with E-state index in [2.05, 4.69) is 4.98 Å². The quantitative estimate of drug-likeness (QED) is 0.743. The maximum Gasteiger partial charge on any atom is 0.270 e. The topological polar surface area (TPSA) is 58.4 Å². The largest absolute Gasteiger partial charge is 0.337 e. The molecule has 0 saturated carbocycles. The van der Waals surface area contributed by atoms with Crippen LogP contribution in [0.4, 0.5) is 4.39 Å². The smallest absolute Gasteiger partial charge is 0.270 e. The molecule has 0 radical (unpaired) electrons. The van der Waals surface area contributed by atoms with E-state index in [1.165, 1.54) is 12.3 Å². The Morgan fingerprint density at radius 1 is 1.30 bits per heavy atom. The zero-order valence-electron chi connectivity index (χ0n) is 12.5. The Labute approximate surface area is 132 Å². The number of fused-ring (bicyclic) bond motifs is 3. The molecule has 1 saturated heterocycles. The van der Waals surface area contributed by atoms with Crippen LogP contribution in [0.15, 0.2) is 36.7 Å². The molecule has 23 heavy (non-hydrogen) atoms. The van der Waals surface area contributed by atoms with Gasteiger partial charge in [-0.3, -0.25) is 9.59 Å². The summed E-state index contributed by atoms with van der Waals surface area (Å²) in [6.45, 7) is 0.931. The zero-order valence-corrected chi connectivity index (χ0v) is 12.5. The van der Waals surface area contributed by atoms with Crippen LogP contribution in [0.2, 0.25) is 0 Å². The number of hydrogen-bond donors (Lipinski definition) is 0. The molecule has 2 aromatic rings. The average molecular weight is 314 g/mol. The van der Waals surface area contributed by atoms with Gasteiger partial charge in [0.2, 0.25) is 5.95 Å². The van der Waals surface area contributed by atoms with Crippen molar-refractivity contribution in [1.29, 1.82) is 0 Å². The number of nitrogens with zero attached hydrogens (tertiary/aromatic N) is 4. The van der Waals surface area contributed by atoms with Crippen molar-refractivity contribution in [3.8, 4) is 0 Å². The molecule has 4 rings (SSSR count). The van der Waals surface area contributed by atoms with Crippen molar-refractivity contribution in [2.75, 3.05) is 20.1 Å². The SMILES string of the molecule is CN1C(=O)c2cccn2[C@@H]2CN(C(=O)c3ccnc(F)c3)C[C@H]21. The van der Waals surface area contributed by atoms with Crippen molar-refractivity contribution in [3.63, 3.8) is 0 Å². The highest BCUT2D eigenvalue weighted by molar-refractivity contribution is 5.96. The number of pyridine rings is 1. The standard InChI is InChI=1S/C16H15FN4O2/c1-19-12-8-20(15(22)10-4-5-18-14(17)7-10)9-13(12)21-6-2-3-11(21)16(19)23/h2-7,12-13H,8-9H2,1H3/t12-,13-/m1/s1. The molecular weight excluding hydrogens is 299 g/mol. The van der Waals surface area contributed by atoms with Crippen LogP contribution in [0.25, 0.3) is 0 Å². The summed E-state index contributed by atoms with van der Waals surface area (Å²) in [5.74, 6) is -0.955. The van der Waals surface area contributed by atoms with Gasteiger partial charge in [-0.15, -0.1) is 0 Å². The lowest BCUT2D eigenvalue weighted by atomic mass is 10.1. The Hall–Kier alpha value is -2.70. The molecule has 4 heterocycles. The van der Waals surface area contributed by atoms with Crippen molar-refractivity contribution < 1.29 is 14.0 Å². The number of halogens is 1. The van der Waals surface area contributed by atoms with Gasteiger partial charge in [-0.2, -0.15) is 4.39 Å². The number of hydrogen-bond acceptors (Lipinski definition) is 3. The summed E-state index contributed by atoms with van der Waals surface area (Å²) in [4.78, 5) is 31.8. The fourth-order valence-corrected chi connectivity index (χ4v) is 3.50. The van der Waals surface area contributed by atoms with E-state index in [-0.39, 0.29) is 29.5 Å².